The maximum atomic E-state index is 14.3. The fraction of sp³-hybridized carbons (Fsp3) is 0.381. The summed E-state index contributed by atoms with van der Waals surface area (Å²) in [6.45, 7) is 2.70. The van der Waals surface area contributed by atoms with Crippen LogP contribution in [0.3, 0.4) is 0 Å². The topological polar surface area (TPSA) is 36.4 Å². The van der Waals surface area contributed by atoms with E-state index in [-0.39, 0.29) is 11.4 Å². The first kappa shape index (κ1) is 16.1. The van der Waals surface area contributed by atoms with Gasteiger partial charge in [0.15, 0.2) is 0 Å². The number of hydrogen-bond acceptors (Lipinski definition) is 2. The largest absolute Gasteiger partial charge is 0.371 e. The molecule has 0 atom stereocenters. The van der Waals surface area contributed by atoms with Crippen LogP contribution in [0.5, 0.6) is 0 Å². The molecule has 1 aliphatic heterocycles. The van der Waals surface area contributed by atoms with Crippen molar-refractivity contribution in [2.75, 3.05) is 10.6 Å². The molecule has 1 saturated carbocycles. The number of nitrogens with zero attached hydrogens (tertiary/aromatic N) is 1. The summed E-state index contributed by atoms with van der Waals surface area (Å²) in [4.78, 5) is 4.89. The lowest BCUT2D eigenvalue weighted by Crippen LogP contribution is -2.54. The molecule has 2 aliphatic rings. The average Bonchev–Trinajstić information content (AvgIpc) is 2.61. The highest BCUT2D eigenvalue weighted by atomic mass is 19.1. The van der Waals surface area contributed by atoms with Gasteiger partial charge >= 0.3 is 0 Å². The number of aliphatic imine (C=N–C) groups is 1. The molecule has 4 heteroatoms. The van der Waals surface area contributed by atoms with Crippen LogP contribution in [0.4, 0.5) is 15.8 Å². The van der Waals surface area contributed by atoms with E-state index in [0.717, 1.165) is 24.4 Å². The molecular weight excluding hydrogens is 313 g/mol. The quantitative estimate of drug-likeness (QED) is 0.783. The average molecular weight is 337 g/mol. The zero-order chi connectivity index (χ0) is 17.3. The fourth-order valence-electron chi connectivity index (χ4n) is 4.00. The van der Waals surface area contributed by atoms with Gasteiger partial charge in [-0.25, -0.2) is 4.39 Å². The summed E-state index contributed by atoms with van der Waals surface area (Å²) in [5.41, 5.74) is 3.58. The second kappa shape index (κ2) is 6.51. The molecule has 2 aromatic carbocycles. The Morgan fingerprint density at radius 3 is 2.68 bits per heavy atom. The van der Waals surface area contributed by atoms with Gasteiger partial charge in [-0.2, -0.15) is 0 Å². The van der Waals surface area contributed by atoms with Crippen LogP contribution in [0, 0.1) is 12.7 Å². The molecule has 25 heavy (non-hydrogen) atoms. The zero-order valence-corrected chi connectivity index (χ0v) is 14.6. The first-order chi connectivity index (χ1) is 12.2. The fourth-order valence-corrected chi connectivity index (χ4v) is 4.00. The van der Waals surface area contributed by atoms with Crippen LogP contribution in [0.2, 0.25) is 0 Å². The number of rotatable bonds is 2. The summed E-state index contributed by atoms with van der Waals surface area (Å²) >= 11 is 0. The Bertz CT molecular complexity index is 807. The van der Waals surface area contributed by atoms with Crippen molar-refractivity contribution in [1.82, 2.24) is 0 Å². The van der Waals surface area contributed by atoms with Crippen molar-refractivity contribution in [3.05, 3.63) is 59.4 Å². The van der Waals surface area contributed by atoms with Crippen LogP contribution in [0.1, 0.15) is 43.2 Å². The second-order valence-electron chi connectivity index (χ2n) is 7.21. The SMILES string of the molecule is Cc1cccc(CN=C2Nc3c(F)cccc3NC23CCCCC3)c1. The molecule has 130 valence electrons. The minimum absolute atomic E-state index is 0.192. The molecule has 4 rings (SSSR count). The van der Waals surface area contributed by atoms with Gasteiger partial charge in [-0.05, 0) is 37.5 Å². The van der Waals surface area contributed by atoms with E-state index in [0.29, 0.717) is 12.2 Å². The van der Waals surface area contributed by atoms with Gasteiger partial charge in [0.05, 0.1) is 23.5 Å². The minimum Gasteiger partial charge on any atom is -0.371 e. The van der Waals surface area contributed by atoms with E-state index in [1.165, 1.54) is 36.5 Å². The lowest BCUT2D eigenvalue weighted by atomic mass is 9.79. The number of anilines is 2. The van der Waals surface area contributed by atoms with Crippen LogP contribution < -0.4 is 10.6 Å². The summed E-state index contributed by atoms with van der Waals surface area (Å²) in [6, 6.07) is 13.6. The predicted molar refractivity (Wildman–Crippen MR) is 102 cm³/mol. The number of amidine groups is 1. The molecule has 2 aromatic rings. The van der Waals surface area contributed by atoms with Gasteiger partial charge in [-0.15, -0.1) is 0 Å². The van der Waals surface area contributed by atoms with Crippen LogP contribution in [0.25, 0.3) is 0 Å². The lowest BCUT2D eigenvalue weighted by molar-refractivity contribution is 0.402. The molecule has 0 radical (unpaired) electrons. The van der Waals surface area contributed by atoms with Gasteiger partial charge in [-0.1, -0.05) is 55.2 Å². The molecule has 0 amide bonds. The molecule has 0 bridgehead atoms. The Hall–Kier alpha value is -2.36. The molecule has 1 heterocycles. The number of nitrogens with one attached hydrogen (secondary N) is 2. The molecule has 0 unspecified atom stereocenters. The van der Waals surface area contributed by atoms with Crippen molar-refractivity contribution in [3.63, 3.8) is 0 Å². The molecule has 1 fully saturated rings. The summed E-state index contributed by atoms with van der Waals surface area (Å²) in [5, 5.41) is 6.94. The van der Waals surface area contributed by atoms with E-state index in [4.69, 9.17) is 4.99 Å². The third kappa shape index (κ3) is 3.13. The van der Waals surface area contributed by atoms with E-state index in [9.17, 15) is 4.39 Å². The number of aryl methyl sites for hydroxylation is 1. The van der Waals surface area contributed by atoms with E-state index in [1.54, 1.807) is 6.07 Å². The predicted octanol–water partition coefficient (Wildman–Crippen LogP) is 5.27. The van der Waals surface area contributed by atoms with Crippen LogP contribution >= 0.6 is 0 Å². The zero-order valence-electron chi connectivity index (χ0n) is 14.6. The second-order valence-corrected chi connectivity index (χ2v) is 7.21. The van der Waals surface area contributed by atoms with E-state index in [1.807, 2.05) is 6.07 Å². The summed E-state index contributed by atoms with van der Waals surface area (Å²) in [6.07, 6.45) is 5.65. The molecule has 0 aromatic heterocycles. The first-order valence-corrected chi connectivity index (χ1v) is 9.10. The maximum absolute atomic E-state index is 14.3. The Morgan fingerprint density at radius 2 is 1.88 bits per heavy atom. The van der Waals surface area contributed by atoms with Gasteiger partial charge in [0.25, 0.3) is 0 Å². The normalized spacial score (nSPS) is 20.0. The maximum Gasteiger partial charge on any atom is 0.148 e. The third-order valence-corrected chi connectivity index (χ3v) is 5.29. The standard InChI is InChI=1S/C21H24FN3/c1-15-7-5-8-16(13-15)14-23-20-21(11-3-2-4-12-21)25-18-10-6-9-17(22)19(18)24-20/h5-10,13,25H,2-4,11-12,14H2,1H3,(H,23,24). The number of halogens is 1. The Labute approximate surface area is 148 Å². The molecule has 1 aliphatic carbocycles. The van der Waals surface area contributed by atoms with Gasteiger partial charge < -0.3 is 10.6 Å². The Balaban J connectivity index is 1.69. The highest BCUT2D eigenvalue weighted by Gasteiger charge is 2.41. The van der Waals surface area contributed by atoms with Crippen molar-refractivity contribution >= 4 is 17.2 Å². The molecule has 2 N–H and O–H groups in total. The van der Waals surface area contributed by atoms with Gasteiger partial charge in [0.1, 0.15) is 11.7 Å². The number of fused-ring (bicyclic) bond motifs is 1. The smallest absolute Gasteiger partial charge is 0.148 e. The lowest BCUT2D eigenvalue weighted by Gasteiger charge is -2.44. The van der Waals surface area contributed by atoms with Crippen LogP contribution in [0.15, 0.2) is 47.5 Å². The van der Waals surface area contributed by atoms with Crippen molar-refractivity contribution in [2.24, 2.45) is 4.99 Å². The first-order valence-electron chi connectivity index (χ1n) is 9.10. The van der Waals surface area contributed by atoms with Crippen molar-refractivity contribution in [2.45, 2.75) is 51.1 Å². The van der Waals surface area contributed by atoms with Gasteiger partial charge in [-0.3, -0.25) is 4.99 Å². The number of benzene rings is 2. The molecular formula is C21H24FN3. The van der Waals surface area contributed by atoms with Crippen LogP contribution in [-0.2, 0) is 6.54 Å². The third-order valence-electron chi connectivity index (χ3n) is 5.29. The number of hydrogen-bond donors (Lipinski definition) is 2. The Kier molecular flexibility index (Phi) is 4.20. The summed E-state index contributed by atoms with van der Waals surface area (Å²) in [5.74, 6) is 0.644. The molecule has 1 spiro atoms. The Morgan fingerprint density at radius 1 is 1.08 bits per heavy atom. The highest BCUT2D eigenvalue weighted by molar-refractivity contribution is 6.09. The molecule has 3 nitrogen and oxygen atoms in total. The van der Waals surface area contributed by atoms with Crippen molar-refractivity contribution < 1.29 is 4.39 Å². The van der Waals surface area contributed by atoms with E-state index < -0.39 is 0 Å². The highest BCUT2D eigenvalue weighted by Crippen LogP contribution is 2.40. The van der Waals surface area contributed by atoms with Gasteiger partial charge in [0.2, 0.25) is 0 Å². The monoisotopic (exact) mass is 337 g/mol. The van der Waals surface area contributed by atoms with Gasteiger partial charge in [0, 0.05) is 0 Å². The van der Waals surface area contributed by atoms with E-state index >= 15 is 0 Å². The van der Waals surface area contributed by atoms with E-state index in [2.05, 4.69) is 41.8 Å². The van der Waals surface area contributed by atoms with Crippen molar-refractivity contribution in [1.29, 1.82) is 0 Å². The van der Waals surface area contributed by atoms with Crippen LogP contribution in [-0.4, -0.2) is 11.4 Å². The summed E-state index contributed by atoms with van der Waals surface area (Å²) in [7, 11) is 0. The van der Waals surface area contributed by atoms with Crippen molar-refractivity contribution in [3.8, 4) is 0 Å². The minimum atomic E-state index is -0.237. The molecule has 0 saturated heterocycles. The summed E-state index contributed by atoms with van der Waals surface area (Å²) < 4.78 is 14.3. The number of para-hydroxylation sites is 1.